The smallest absolute Gasteiger partial charge is 0.165 e. The molecule has 2 aromatic carbocycles. The molecule has 0 bridgehead atoms. The average molecular weight is 454 g/mol. The van der Waals surface area contributed by atoms with E-state index in [1.807, 2.05) is 25.3 Å². The number of para-hydroxylation sites is 1. The van der Waals surface area contributed by atoms with Gasteiger partial charge < -0.3 is 19.1 Å². The number of likely N-dealkylation sites (tertiary alicyclic amines) is 1. The maximum atomic E-state index is 13.8. The van der Waals surface area contributed by atoms with E-state index in [4.69, 9.17) is 9.47 Å². The lowest BCUT2D eigenvalue weighted by Crippen LogP contribution is -2.37. The summed E-state index contributed by atoms with van der Waals surface area (Å²) in [6.07, 6.45) is 5.83. The van der Waals surface area contributed by atoms with Gasteiger partial charge >= 0.3 is 0 Å². The van der Waals surface area contributed by atoms with Crippen LogP contribution in [0.4, 0.5) is 4.39 Å². The quantitative estimate of drug-likeness (QED) is 0.526. The number of hydrogen-bond donors (Lipinski definition) is 1. The topological polar surface area (TPSA) is 59.8 Å². The number of aliphatic hydroxyl groups is 1. The highest BCUT2D eigenvalue weighted by Gasteiger charge is 2.31. The minimum absolute atomic E-state index is 0.0987. The number of hydrogen-bond acceptors (Lipinski definition) is 5. The van der Waals surface area contributed by atoms with Gasteiger partial charge in [0.05, 0.1) is 12.1 Å². The molecule has 0 aliphatic carbocycles. The zero-order chi connectivity index (χ0) is 23.1. The van der Waals surface area contributed by atoms with E-state index in [0.29, 0.717) is 19.4 Å². The van der Waals surface area contributed by atoms with Crippen LogP contribution in [-0.4, -0.2) is 51.5 Å². The molecule has 0 spiro atoms. The lowest BCUT2D eigenvalue weighted by atomic mass is 9.96. The number of aromatic nitrogens is 2. The van der Waals surface area contributed by atoms with Crippen LogP contribution < -0.4 is 9.47 Å². The van der Waals surface area contributed by atoms with Gasteiger partial charge in [0.2, 0.25) is 0 Å². The van der Waals surface area contributed by atoms with Crippen molar-refractivity contribution in [1.29, 1.82) is 0 Å². The molecule has 1 saturated heterocycles. The molecule has 1 atom stereocenters. The molecule has 1 unspecified atom stereocenters. The Bertz CT molecular complexity index is 1040. The highest BCUT2D eigenvalue weighted by molar-refractivity contribution is 5.28. The first-order valence-corrected chi connectivity index (χ1v) is 11.5. The summed E-state index contributed by atoms with van der Waals surface area (Å²) in [5.74, 6) is 1.62. The molecule has 1 aliphatic heterocycles. The van der Waals surface area contributed by atoms with Crippen LogP contribution in [0.25, 0.3) is 0 Å². The molecule has 33 heavy (non-hydrogen) atoms. The Morgan fingerprint density at radius 3 is 2.79 bits per heavy atom. The van der Waals surface area contributed by atoms with E-state index in [9.17, 15) is 9.50 Å². The Hall–Kier alpha value is -2.90. The fraction of sp³-hybridized carbons (Fsp3) is 0.423. The minimum Gasteiger partial charge on any atom is -0.492 e. The maximum Gasteiger partial charge on any atom is 0.165 e. The maximum absolute atomic E-state index is 13.8. The SMILES string of the molecule is Cc1nccn1CCOc1cccc(CN2CCCC(O)(COc3ccccc3F)CC2)c1. The molecular formula is C26H32FN3O3. The molecule has 1 fully saturated rings. The Kier molecular flexibility index (Phi) is 7.62. The van der Waals surface area contributed by atoms with Gasteiger partial charge in [-0.25, -0.2) is 9.37 Å². The van der Waals surface area contributed by atoms with Crippen LogP contribution in [0.2, 0.25) is 0 Å². The summed E-state index contributed by atoms with van der Waals surface area (Å²) in [6.45, 7) is 5.86. The van der Waals surface area contributed by atoms with Gasteiger partial charge in [0.15, 0.2) is 11.6 Å². The third kappa shape index (κ3) is 6.55. The largest absolute Gasteiger partial charge is 0.492 e. The second kappa shape index (κ2) is 10.8. The molecule has 7 heteroatoms. The first kappa shape index (κ1) is 23.3. The summed E-state index contributed by atoms with van der Waals surface area (Å²) in [5.41, 5.74) is 0.229. The van der Waals surface area contributed by atoms with Gasteiger partial charge in [0.25, 0.3) is 0 Å². The second-order valence-electron chi connectivity index (χ2n) is 8.74. The third-order valence-corrected chi connectivity index (χ3v) is 6.17. The average Bonchev–Trinajstić information content (AvgIpc) is 3.12. The number of rotatable bonds is 9. The summed E-state index contributed by atoms with van der Waals surface area (Å²) in [4.78, 5) is 6.57. The van der Waals surface area contributed by atoms with Crippen LogP contribution in [-0.2, 0) is 13.1 Å². The zero-order valence-electron chi connectivity index (χ0n) is 19.1. The Labute approximate surface area is 194 Å². The van der Waals surface area contributed by atoms with Crippen molar-refractivity contribution in [1.82, 2.24) is 14.5 Å². The highest BCUT2D eigenvalue weighted by atomic mass is 19.1. The lowest BCUT2D eigenvalue weighted by molar-refractivity contribution is -0.0177. The number of aryl methyl sites for hydroxylation is 1. The summed E-state index contributed by atoms with van der Waals surface area (Å²) in [7, 11) is 0. The molecule has 176 valence electrons. The van der Waals surface area contributed by atoms with Crippen LogP contribution in [0.15, 0.2) is 60.9 Å². The van der Waals surface area contributed by atoms with Crippen LogP contribution in [0.5, 0.6) is 11.5 Å². The summed E-state index contributed by atoms with van der Waals surface area (Å²) < 4.78 is 27.5. The first-order chi connectivity index (χ1) is 16.0. The molecule has 3 aromatic rings. The van der Waals surface area contributed by atoms with Crippen molar-refractivity contribution in [3.05, 3.63) is 78.1 Å². The van der Waals surface area contributed by atoms with Crippen LogP contribution >= 0.6 is 0 Å². The van der Waals surface area contributed by atoms with Gasteiger partial charge in [0, 0.05) is 25.5 Å². The molecule has 0 saturated carbocycles. The molecule has 1 N–H and O–H groups in total. The Morgan fingerprint density at radius 2 is 1.97 bits per heavy atom. The molecule has 1 aromatic heterocycles. The summed E-state index contributed by atoms with van der Waals surface area (Å²) >= 11 is 0. The van der Waals surface area contributed by atoms with Crippen molar-refractivity contribution in [2.45, 2.75) is 44.9 Å². The van der Waals surface area contributed by atoms with Crippen molar-refractivity contribution < 1.29 is 19.0 Å². The van der Waals surface area contributed by atoms with Gasteiger partial charge in [-0.05, 0) is 62.6 Å². The van der Waals surface area contributed by atoms with Crippen molar-refractivity contribution in [2.75, 3.05) is 26.3 Å². The molecule has 1 aliphatic rings. The normalized spacial score (nSPS) is 19.2. The molecule has 2 heterocycles. The molecule has 0 radical (unpaired) electrons. The van der Waals surface area contributed by atoms with Crippen molar-refractivity contribution in [3.63, 3.8) is 0 Å². The number of benzene rings is 2. The molecule has 4 rings (SSSR count). The standard InChI is InChI=1S/C26H32FN3O3/c1-21-28-12-15-30(21)16-17-32-23-7-4-6-22(18-23)19-29-13-5-10-26(31,11-14-29)20-33-25-9-3-2-8-24(25)27/h2-4,6-9,12,15,18,31H,5,10-11,13-14,16-17,19-20H2,1H3. The fourth-order valence-corrected chi connectivity index (χ4v) is 4.20. The van der Waals surface area contributed by atoms with Crippen LogP contribution in [0.3, 0.4) is 0 Å². The predicted octanol–water partition coefficient (Wildman–Crippen LogP) is 4.21. The fourth-order valence-electron chi connectivity index (χ4n) is 4.20. The van der Waals surface area contributed by atoms with Gasteiger partial charge in [-0.3, -0.25) is 4.90 Å². The van der Waals surface area contributed by atoms with E-state index in [-0.39, 0.29) is 12.4 Å². The van der Waals surface area contributed by atoms with Crippen LogP contribution in [0.1, 0.15) is 30.7 Å². The zero-order valence-corrected chi connectivity index (χ0v) is 19.1. The second-order valence-corrected chi connectivity index (χ2v) is 8.74. The van der Waals surface area contributed by atoms with Gasteiger partial charge in [-0.1, -0.05) is 24.3 Å². The molecular weight excluding hydrogens is 421 g/mol. The van der Waals surface area contributed by atoms with E-state index >= 15 is 0 Å². The number of halogens is 1. The monoisotopic (exact) mass is 453 g/mol. The first-order valence-electron chi connectivity index (χ1n) is 11.5. The Morgan fingerprint density at radius 1 is 1.09 bits per heavy atom. The molecule has 6 nitrogen and oxygen atoms in total. The van der Waals surface area contributed by atoms with Crippen LogP contribution in [0, 0.1) is 12.7 Å². The summed E-state index contributed by atoms with van der Waals surface area (Å²) in [6, 6.07) is 14.5. The lowest BCUT2D eigenvalue weighted by Gasteiger charge is -2.27. The van der Waals surface area contributed by atoms with E-state index in [1.54, 1.807) is 24.4 Å². The van der Waals surface area contributed by atoms with Gasteiger partial charge in [-0.15, -0.1) is 0 Å². The number of imidazole rings is 1. The van der Waals surface area contributed by atoms with E-state index in [1.165, 1.54) is 11.6 Å². The predicted molar refractivity (Wildman–Crippen MR) is 125 cm³/mol. The minimum atomic E-state index is -0.951. The Balaban J connectivity index is 1.27. The number of nitrogens with zero attached hydrogens (tertiary/aromatic N) is 3. The van der Waals surface area contributed by atoms with E-state index in [2.05, 4.69) is 26.6 Å². The van der Waals surface area contributed by atoms with Crippen molar-refractivity contribution in [3.8, 4) is 11.5 Å². The highest BCUT2D eigenvalue weighted by Crippen LogP contribution is 2.26. The summed E-state index contributed by atoms with van der Waals surface area (Å²) in [5, 5.41) is 11.0. The van der Waals surface area contributed by atoms with Crippen molar-refractivity contribution >= 4 is 0 Å². The van der Waals surface area contributed by atoms with E-state index in [0.717, 1.165) is 44.2 Å². The van der Waals surface area contributed by atoms with Gasteiger partial charge in [0.1, 0.15) is 24.8 Å². The van der Waals surface area contributed by atoms with Gasteiger partial charge in [-0.2, -0.15) is 0 Å². The number of ether oxygens (including phenoxy) is 2. The van der Waals surface area contributed by atoms with E-state index < -0.39 is 11.4 Å². The molecule has 0 amide bonds. The van der Waals surface area contributed by atoms with Crippen molar-refractivity contribution in [2.24, 2.45) is 0 Å². The third-order valence-electron chi connectivity index (χ3n) is 6.17.